The van der Waals surface area contributed by atoms with Gasteiger partial charge in [0, 0.05) is 16.4 Å². The van der Waals surface area contributed by atoms with Crippen LogP contribution in [-0.4, -0.2) is 4.98 Å². The molecule has 6 heteroatoms. The van der Waals surface area contributed by atoms with Crippen molar-refractivity contribution in [1.82, 2.24) is 4.98 Å². The number of hydrogen-bond acceptors (Lipinski definition) is 2. The fourth-order valence-electron chi connectivity index (χ4n) is 1.22. The Hall–Kier alpha value is -0.840. The van der Waals surface area contributed by atoms with Crippen LogP contribution in [0.15, 0.2) is 34.9 Å². The van der Waals surface area contributed by atoms with Crippen LogP contribution in [0.25, 0.3) is 0 Å². The third kappa shape index (κ3) is 3.09. The Kier molecular flexibility index (Phi) is 3.86. The Morgan fingerprint density at radius 2 is 2.00 bits per heavy atom. The van der Waals surface area contributed by atoms with Gasteiger partial charge in [0.05, 0.1) is 10.0 Å². The summed E-state index contributed by atoms with van der Waals surface area (Å²) >= 11 is 14.8. The Bertz CT molecular complexity index is 563. The van der Waals surface area contributed by atoms with Crippen molar-refractivity contribution in [2.75, 3.05) is 5.32 Å². The monoisotopic (exact) mass is 334 g/mol. The first-order valence-electron chi connectivity index (χ1n) is 4.59. The average molecular weight is 336 g/mol. The molecule has 0 aliphatic heterocycles. The number of hydrogen-bond donors (Lipinski definition) is 1. The molecule has 0 saturated carbocycles. The number of nitrogens with zero attached hydrogens (tertiary/aromatic N) is 1. The van der Waals surface area contributed by atoms with Crippen molar-refractivity contribution >= 4 is 50.6 Å². The maximum absolute atomic E-state index is 13.5. The number of nitrogens with one attached hydrogen (secondary N) is 1. The minimum absolute atomic E-state index is 0.104. The first-order chi connectivity index (χ1) is 8.06. The van der Waals surface area contributed by atoms with Crippen molar-refractivity contribution in [2.24, 2.45) is 0 Å². The van der Waals surface area contributed by atoms with Crippen molar-refractivity contribution in [3.8, 4) is 0 Å². The van der Waals surface area contributed by atoms with E-state index in [1.165, 1.54) is 12.3 Å². The summed E-state index contributed by atoms with van der Waals surface area (Å²) in [5, 5.41) is 3.60. The van der Waals surface area contributed by atoms with Gasteiger partial charge in [-0.25, -0.2) is 9.37 Å². The number of benzene rings is 1. The van der Waals surface area contributed by atoms with Gasteiger partial charge in [-0.05, 0) is 40.2 Å². The quantitative estimate of drug-likeness (QED) is 0.832. The molecule has 2 rings (SSSR count). The van der Waals surface area contributed by atoms with Gasteiger partial charge < -0.3 is 5.32 Å². The molecular weight excluding hydrogens is 330 g/mol. The van der Waals surface area contributed by atoms with Crippen LogP contribution in [0.4, 0.5) is 15.9 Å². The van der Waals surface area contributed by atoms with E-state index >= 15 is 0 Å². The molecule has 88 valence electrons. The lowest BCUT2D eigenvalue weighted by Crippen LogP contribution is -1.96. The van der Waals surface area contributed by atoms with Gasteiger partial charge in [-0.3, -0.25) is 0 Å². The predicted octanol–water partition coefficient (Wildman–Crippen LogP) is 5.03. The second-order valence-electron chi connectivity index (χ2n) is 3.24. The SMILES string of the molecule is Fc1cc(Cl)cnc1Nc1ccc(Br)c(Cl)c1. The molecule has 1 N–H and O–H groups in total. The molecule has 1 heterocycles. The topological polar surface area (TPSA) is 24.9 Å². The van der Waals surface area contributed by atoms with Gasteiger partial charge in [0.2, 0.25) is 0 Å². The molecule has 2 aromatic rings. The fraction of sp³-hybridized carbons (Fsp3) is 0. The summed E-state index contributed by atoms with van der Waals surface area (Å²) in [4.78, 5) is 3.85. The highest BCUT2D eigenvalue weighted by Crippen LogP contribution is 2.27. The van der Waals surface area contributed by atoms with Gasteiger partial charge in [0.25, 0.3) is 0 Å². The van der Waals surface area contributed by atoms with E-state index in [4.69, 9.17) is 23.2 Å². The van der Waals surface area contributed by atoms with E-state index < -0.39 is 5.82 Å². The Labute approximate surface area is 116 Å². The average Bonchev–Trinajstić information content (AvgIpc) is 2.27. The summed E-state index contributed by atoms with van der Waals surface area (Å²) < 4.78 is 14.2. The third-order valence-electron chi connectivity index (χ3n) is 1.99. The van der Waals surface area contributed by atoms with E-state index in [1.807, 2.05) is 0 Å². The predicted molar refractivity (Wildman–Crippen MR) is 71.6 cm³/mol. The zero-order chi connectivity index (χ0) is 12.4. The second-order valence-corrected chi connectivity index (χ2v) is 4.94. The molecule has 2 nitrogen and oxygen atoms in total. The maximum atomic E-state index is 13.5. The van der Waals surface area contributed by atoms with Crippen molar-refractivity contribution in [3.63, 3.8) is 0 Å². The second kappa shape index (κ2) is 5.21. The van der Waals surface area contributed by atoms with E-state index in [1.54, 1.807) is 18.2 Å². The Morgan fingerprint density at radius 3 is 2.65 bits per heavy atom. The largest absolute Gasteiger partial charge is 0.338 e. The van der Waals surface area contributed by atoms with Gasteiger partial charge in [-0.15, -0.1) is 0 Å². The van der Waals surface area contributed by atoms with E-state index in [9.17, 15) is 4.39 Å². The molecule has 0 radical (unpaired) electrons. The third-order valence-corrected chi connectivity index (χ3v) is 3.43. The van der Waals surface area contributed by atoms with Gasteiger partial charge in [0.1, 0.15) is 0 Å². The lowest BCUT2D eigenvalue weighted by atomic mass is 10.3. The number of anilines is 2. The molecule has 0 atom stereocenters. The maximum Gasteiger partial charge on any atom is 0.167 e. The lowest BCUT2D eigenvalue weighted by molar-refractivity contribution is 0.626. The smallest absolute Gasteiger partial charge is 0.167 e. The van der Waals surface area contributed by atoms with Crippen LogP contribution in [0, 0.1) is 5.82 Å². The van der Waals surface area contributed by atoms with Crippen LogP contribution < -0.4 is 5.32 Å². The molecule has 0 saturated heterocycles. The summed E-state index contributed by atoms with van der Waals surface area (Å²) in [5.41, 5.74) is 0.645. The molecule has 0 bridgehead atoms. The minimum atomic E-state index is -0.517. The van der Waals surface area contributed by atoms with E-state index in [-0.39, 0.29) is 10.8 Å². The summed E-state index contributed by atoms with van der Waals surface area (Å²) in [7, 11) is 0. The number of aromatic nitrogens is 1. The molecule has 0 spiro atoms. The zero-order valence-corrected chi connectivity index (χ0v) is 11.4. The summed E-state index contributed by atoms with van der Waals surface area (Å²) in [6.45, 7) is 0. The normalized spacial score (nSPS) is 10.4. The Morgan fingerprint density at radius 1 is 1.24 bits per heavy atom. The molecule has 0 amide bonds. The van der Waals surface area contributed by atoms with Gasteiger partial charge >= 0.3 is 0 Å². The van der Waals surface area contributed by atoms with Crippen molar-refractivity contribution in [2.45, 2.75) is 0 Å². The zero-order valence-electron chi connectivity index (χ0n) is 8.35. The van der Waals surface area contributed by atoms with Crippen molar-refractivity contribution < 1.29 is 4.39 Å². The standard InChI is InChI=1S/C11H6BrCl2FN2/c12-8-2-1-7(4-9(8)14)17-11-10(15)3-6(13)5-16-11/h1-5H,(H,16,17). The summed E-state index contributed by atoms with van der Waals surface area (Å²) in [6, 6.07) is 6.38. The molecule has 17 heavy (non-hydrogen) atoms. The van der Waals surface area contributed by atoms with Crippen LogP contribution in [-0.2, 0) is 0 Å². The lowest BCUT2D eigenvalue weighted by Gasteiger charge is -2.07. The van der Waals surface area contributed by atoms with Crippen LogP contribution in [0.2, 0.25) is 10.0 Å². The molecule has 0 fully saturated rings. The highest BCUT2D eigenvalue weighted by Gasteiger charge is 2.06. The first kappa shape index (κ1) is 12.6. The highest BCUT2D eigenvalue weighted by atomic mass is 79.9. The van der Waals surface area contributed by atoms with Gasteiger partial charge in [-0.1, -0.05) is 23.2 Å². The van der Waals surface area contributed by atoms with Gasteiger partial charge in [0.15, 0.2) is 11.6 Å². The van der Waals surface area contributed by atoms with Crippen LogP contribution in [0.1, 0.15) is 0 Å². The molecule has 1 aromatic carbocycles. The number of halogens is 4. The summed E-state index contributed by atoms with van der Waals surface area (Å²) in [5.74, 6) is -0.413. The fourth-order valence-corrected chi connectivity index (χ4v) is 1.79. The van der Waals surface area contributed by atoms with Crippen LogP contribution in [0.3, 0.4) is 0 Å². The van der Waals surface area contributed by atoms with Gasteiger partial charge in [-0.2, -0.15) is 0 Å². The molecule has 0 aliphatic carbocycles. The van der Waals surface area contributed by atoms with Crippen molar-refractivity contribution in [3.05, 3.63) is 50.8 Å². The molecule has 0 aliphatic rings. The number of rotatable bonds is 2. The minimum Gasteiger partial charge on any atom is -0.338 e. The van der Waals surface area contributed by atoms with E-state index in [0.717, 1.165) is 4.47 Å². The van der Waals surface area contributed by atoms with Crippen LogP contribution >= 0.6 is 39.1 Å². The highest BCUT2D eigenvalue weighted by molar-refractivity contribution is 9.10. The molecule has 1 aromatic heterocycles. The van der Waals surface area contributed by atoms with Crippen molar-refractivity contribution in [1.29, 1.82) is 0 Å². The van der Waals surface area contributed by atoms with E-state index in [0.29, 0.717) is 10.7 Å². The first-order valence-corrected chi connectivity index (χ1v) is 6.14. The van der Waals surface area contributed by atoms with Crippen LogP contribution in [0.5, 0.6) is 0 Å². The Balaban J connectivity index is 2.28. The molecule has 0 unspecified atom stereocenters. The molecular formula is C11H6BrCl2FN2. The van der Waals surface area contributed by atoms with E-state index in [2.05, 4.69) is 26.2 Å². The summed E-state index contributed by atoms with van der Waals surface area (Å²) in [6.07, 6.45) is 1.37. The number of pyridine rings is 1.